The van der Waals surface area contributed by atoms with Crippen molar-refractivity contribution in [3.63, 3.8) is 0 Å². The molecule has 1 saturated carbocycles. The van der Waals surface area contributed by atoms with Crippen LogP contribution in [0.25, 0.3) is 10.8 Å². The summed E-state index contributed by atoms with van der Waals surface area (Å²) in [5, 5.41) is 13.2. The molecule has 106 valence electrons. The summed E-state index contributed by atoms with van der Waals surface area (Å²) >= 11 is 0. The van der Waals surface area contributed by atoms with Gasteiger partial charge in [-0.1, -0.05) is 62.2 Å². The third-order valence-corrected chi connectivity index (χ3v) is 4.83. The van der Waals surface area contributed by atoms with Crippen molar-refractivity contribution in [3.05, 3.63) is 48.0 Å². The van der Waals surface area contributed by atoms with Crippen LogP contribution in [0.3, 0.4) is 0 Å². The second-order valence-corrected chi connectivity index (χ2v) is 6.44. The molecule has 0 aliphatic heterocycles. The van der Waals surface area contributed by atoms with Gasteiger partial charge in [0, 0.05) is 0 Å². The van der Waals surface area contributed by atoms with Crippen molar-refractivity contribution in [1.82, 2.24) is 0 Å². The van der Waals surface area contributed by atoms with E-state index in [0.717, 1.165) is 12.3 Å². The van der Waals surface area contributed by atoms with E-state index in [9.17, 15) is 5.11 Å². The second-order valence-electron chi connectivity index (χ2n) is 6.44. The van der Waals surface area contributed by atoms with Gasteiger partial charge < -0.3 is 5.11 Å². The molecule has 0 saturated heterocycles. The standard InChI is InChI=1S/C19H24O/c1-14-6-4-10-17(12-14)19(20)13-16-9-5-8-15-7-2-3-11-18(15)16/h2-3,5,7-9,11,14,17,19-20H,4,6,10,12-13H2,1H3. The molecule has 0 spiro atoms. The zero-order chi connectivity index (χ0) is 13.9. The Labute approximate surface area is 121 Å². The van der Waals surface area contributed by atoms with E-state index in [1.807, 2.05) is 0 Å². The molecule has 0 aromatic heterocycles. The van der Waals surface area contributed by atoms with Gasteiger partial charge in [0.15, 0.2) is 0 Å². The Hall–Kier alpha value is -1.34. The van der Waals surface area contributed by atoms with E-state index in [1.54, 1.807) is 0 Å². The molecular weight excluding hydrogens is 244 g/mol. The van der Waals surface area contributed by atoms with Crippen molar-refractivity contribution in [1.29, 1.82) is 0 Å². The van der Waals surface area contributed by atoms with Crippen LogP contribution in [0.1, 0.15) is 38.2 Å². The van der Waals surface area contributed by atoms with Crippen LogP contribution in [0.5, 0.6) is 0 Å². The van der Waals surface area contributed by atoms with Crippen LogP contribution in [0.2, 0.25) is 0 Å². The molecule has 3 atom stereocenters. The first-order valence-electron chi connectivity index (χ1n) is 7.89. The summed E-state index contributed by atoms with van der Waals surface area (Å²) in [5.41, 5.74) is 1.29. The quantitative estimate of drug-likeness (QED) is 0.864. The second kappa shape index (κ2) is 5.97. The Morgan fingerprint density at radius 3 is 2.75 bits per heavy atom. The van der Waals surface area contributed by atoms with Crippen LogP contribution >= 0.6 is 0 Å². The van der Waals surface area contributed by atoms with Gasteiger partial charge in [-0.25, -0.2) is 0 Å². The van der Waals surface area contributed by atoms with Gasteiger partial charge in [0.2, 0.25) is 0 Å². The molecule has 1 heteroatoms. The lowest BCUT2D eigenvalue weighted by molar-refractivity contribution is 0.0722. The van der Waals surface area contributed by atoms with E-state index >= 15 is 0 Å². The molecule has 1 fully saturated rings. The van der Waals surface area contributed by atoms with E-state index in [0.29, 0.717) is 5.92 Å². The monoisotopic (exact) mass is 268 g/mol. The van der Waals surface area contributed by atoms with Crippen LogP contribution in [-0.2, 0) is 6.42 Å². The fourth-order valence-electron chi connectivity index (χ4n) is 3.69. The molecule has 0 radical (unpaired) electrons. The van der Waals surface area contributed by atoms with Gasteiger partial charge in [-0.3, -0.25) is 0 Å². The van der Waals surface area contributed by atoms with Crippen LogP contribution in [0.4, 0.5) is 0 Å². The summed E-state index contributed by atoms with van der Waals surface area (Å²) < 4.78 is 0. The highest BCUT2D eigenvalue weighted by Crippen LogP contribution is 2.32. The highest BCUT2D eigenvalue weighted by molar-refractivity contribution is 5.85. The normalized spacial score (nSPS) is 24.7. The van der Waals surface area contributed by atoms with E-state index in [1.165, 1.54) is 42.0 Å². The predicted octanol–water partition coefficient (Wildman–Crippen LogP) is 4.57. The van der Waals surface area contributed by atoms with E-state index < -0.39 is 0 Å². The highest BCUT2D eigenvalue weighted by Gasteiger charge is 2.25. The molecule has 0 heterocycles. The maximum atomic E-state index is 10.6. The van der Waals surface area contributed by atoms with Gasteiger partial charge in [0.25, 0.3) is 0 Å². The predicted molar refractivity (Wildman–Crippen MR) is 84.8 cm³/mol. The van der Waals surface area contributed by atoms with Crippen LogP contribution in [0.15, 0.2) is 42.5 Å². The molecule has 3 unspecified atom stereocenters. The molecule has 1 aliphatic carbocycles. The fourth-order valence-corrected chi connectivity index (χ4v) is 3.69. The van der Waals surface area contributed by atoms with Gasteiger partial charge in [-0.2, -0.15) is 0 Å². The Morgan fingerprint density at radius 2 is 1.90 bits per heavy atom. The maximum absolute atomic E-state index is 10.6. The molecule has 2 aromatic rings. The smallest absolute Gasteiger partial charge is 0.0609 e. The zero-order valence-electron chi connectivity index (χ0n) is 12.3. The van der Waals surface area contributed by atoms with Crippen molar-refractivity contribution < 1.29 is 5.11 Å². The molecule has 20 heavy (non-hydrogen) atoms. The summed E-state index contributed by atoms with van der Waals surface area (Å²) in [6, 6.07) is 14.9. The number of hydrogen-bond acceptors (Lipinski definition) is 1. The first kappa shape index (κ1) is 13.6. The van der Waals surface area contributed by atoms with Crippen molar-refractivity contribution in [2.24, 2.45) is 11.8 Å². The molecule has 1 aliphatic rings. The van der Waals surface area contributed by atoms with Crippen LogP contribution < -0.4 is 0 Å². The lowest BCUT2D eigenvalue weighted by Gasteiger charge is -2.30. The number of aliphatic hydroxyl groups excluding tert-OH is 1. The van der Waals surface area contributed by atoms with Gasteiger partial charge in [0.05, 0.1) is 6.10 Å². The van der Waals surface area contributed by atoms with Gasteiger partial charge in [-0.15, -0.1) is 0 Å². The molecule has 1 N–H and O–H groups in total. The van der Waals surface area contributed by atoms with Gasteiger partial charge >= 0.3 is 0 Å². The van der Waals surface area contributed by atoms with E-state index in [4.69, 9.17) is 0 Å². The SMILES string of the molecule is CC1CCCC(C(O)Cc2cccc3ccccc23)C1. The minimum Gasteiger partial charge on any atom is -0.392 e. The van der Waals surface area contributed by atoms with Crippen molar-refractivity contribution in [3.8, 4) is 0 Å². The number of fused-ring (bicyclic) bond motifs is 1. The number of aliphatic hydroxyl groups is 1. The minimum atomic E-state index is -0.191. The van der Waals surface area contributed by atoms with Crippen LogP contribution in [-0.4, -0.2) is 11.2 Å². The molecule has 0 bridgehead atoms. The fraction of sp³-hybridized carbons (Fsp3) is 0.474. The third-order valence-electron chi connectivity index (χ3n) is 4.83. The molecule has 2 aromatic carbocycles. The molecule has 3 rings (SSSR count). The van der Waals surface area contributed by atoms with Crippen LogP contribution in [0, 0.1) is 11.8 Å². The van der Waals surface area contributed by atoms with E-state index in [-0.39, 0.29) is 6.10 Å². The van der Waals surface area contributed by atoms with Crippen molar-refractivity contribution in [2.45, 2.75) is 45.1 Å². The summed E-state index contributed by atoms with van der Waals surface area (Å²) in [4.78, 5) is 0. The Kier molecular flexibility index (Phi) is 4.07. The first-order valence-corrected chi connectivity index (χ1v) is 7.89. The largest absolute Gasteiger partial charge is 0.392 e. The lowest BCUT2D eigenvalue weighted by atomic mass is 9.78. The molecular formula is C19H24O. The number of hydrogen-bond donors (Lipinski definition) is 1. The van der Waals surface area contributed by atoms with Crippen molar-refractivity contribution >= 4 is 10.8 Å². The first-order chi connectivity index (χ1) is 9.74. The highest BCUT2D eigenvalue weighted by atomic mass is 16.3. The molecule has 1 nitrogen and oxygen atoms in total. The number of rotatable bonds is 3. The van der Waals surface area contributed by atoms with Crippen molar-refractivity contribution in [2.75, 3.05) is 0 Å². The maximum Gasteiger partial charge on any atom is 0.0609 e. The van der Waals surface area contributed by atoms with Gasteiger partial charge in [-0.05, 0) is 47.4 Å². The summed E-state index contributed by atoms with van der Waals surface area (Å²) in [7, 11) is 0. The minimum absolute atomic E-state index is 0.191. The summed E-state index contributed by atoms with van der Waals surface area (Å²) in [6.07, 6.45) is 5.58. The zero-order valence-corrected chi connectivity index (χ0v) is 12.3. The Bertz CT molecular complexity index is 569. The lowest BCUT2D eigenvalue weighted by Crippen LogP contribution is -2.27. The topological polar surface area (TPSA) is 20.2 Å². The summed E-state index contributed by atoms with van der Waals surface area (Å²) in [5.74, 6) is 1.26. The molecule has 0 amide bonds. The Morgan fingerprint density at radius 1 is 1.10 bits per heavy atom. The van der Waals surface area contributed by atoms with E-state index in [2.05, 4.69) is 49.4 Å². The summed E-state index contributed by atoms with van der Waals surface area (Å²) in [6.45, 7) is 2.32. The van der Waals surface area contributed by atoms with Gasteiger partial charge in [0.1, 0.15) is 0 Å². The average molecular weight is 268 g/mol. The Balaban J connectivity index is 1.78. The number of benzene rings is 2. The third kappa shape index (κ3) is 2.88. The average Bonchev–Trinajstić information content (AvgIpc) is 2.47.